The summed E-state index contributed by atoms with van der Waals surface area (Å²) < 4.78 is 17.3. The number of benzene rings is 2. The van der Waals surface area contributed by atoms with Crippen LogP contribution in [0.1, 0.15) is 56.6 Å². The molecule has 0 aromatic heterocycles. The van der Waals surface area contributed by atoms with Crippen LogP contribution in [0.2, 0.25) is 0 Å². The number of hydrogen-bond donors (Lipinski definition) is 1. The summed E-state index contributed by atoms with van der Waals surface area (Å²) in [5.41, 5.74) is 4.57. The van der Waals surface area contributed by atoms with Crippen LogP contribution in [0.5, 0.6) is 11.5 Å². The number of nitrogens with one attached hydrogen (secondary N) is 1. The van der Waals surface area contributed by atoms with Gasteiger partial charge in [0.05, 0.1) is 25.9 Å². The summed E-state index contributed by atoms with van der Waals surface area (Å²) in [5, 5.41) is 3.39. The Morgan fingerprint density at radius 1 is 1.03 bits per heavy atom. The molecule has 1 aliphatic heterocycles. The predicted octanol–water partition coefficient (Wildman–Crippen LogP) is 5.78. The zero-order chi connectivity index (χ0) is 25.3. The van der Waals surface area contributed by atoms with Crippen LogP contribution in [0.25, 0.3) is 0 Å². The monoisotopic (exact) mass is 539 g/mol. The number of rotatable bonds is 6. The minimum absolute atomic E-state index is 0.0193. The fourth-order valence-electron chi connectivity index (χ4n) is 4.95. The number of carbonyl (C=O) groups is 2. The Bertz CT molecular complexity index is 1230. The molecule has 1 N–H and O–H groups in total. The van der Waals surface area contributed by atoms with Gasteiger partial charge < -0.3 is 19.5 Å². The molecule has 0 bridgehead atoms. The van der Waals surface area contributed by atoms with Crippen molar-refractivity contribution in [3.63, 3.8) is 0 Å². The second kappa shape index (κ2) is 10.3. The Labute approximate surface area is 214 Å². The number of hydrogen-bond acceptors (Lipinski definition) is 6. The Balaban J connectivity index is 1.77. The SMILES string of the molecule is COc1ccc([C@@H]2CC(=O)C3=C(C2)NC(C)=C(C(=O)OC(C)C)[C@H]3c2cccc(Br)c2)cc1OC. The minimum Gasteiger partial charge on any atom is -0.493 e. The van der Waals surface area contributed by atoms with Crippen LogP contribution in [0.15, 0.2) is 69.5 Å². The zero-order valence-electron chi connectivity index (χ0n) is 20.6. The molecule has 1 heterocycles. The maximum atomic E-state index is 13.7. The maximum Gasteiger partial charge on any atom is 0.337 e. The highest BCUT2D eigenvalue weighted by molar-refractivity contribution is 9.10. The first-order valence-electron chi connectivity index (χ1n) is 11.7. The van der Waals surface area contributed by atoms with E-state index in [1.54, 1.807) is 14.2 Å². The van der Waals surface area contributed by atoms with E-state index in [9.17, 15) is 9.59 Å². The molecule has 0 spiro atoms. The zero-order valence-corrected chi connectivity index (χ0v) is 22.2. The summed E-state index contributed by atoms with van der Waals surface area (Å²) in [5.74, 6) is 0.385. The van der Waals surface area contributed by atoms with Crippen molar-refractivity contribution in [1.82, 2.24) is 5.32 Å². The number of Topliss-reactive ketones (excluding diaryl/α,β-unsaturated/α-hetero) is 1. The molecule has 0 fully saturated rings. The first-order valence-corrected chi connectivity index (χ1v) is 12.4. The number of esters is 1. The molecule has 0 saturated heterocycles. The van der Waals surface area contributed by atoms with E-state index in [-0.39, 0.29) is 17.8 Å². The van der Waals surface area contributed by atoms with Gasteiger partial charge in [0.1, 0.15) is 0 Å². The third kappa shape index (κ3) is 5.01. The van der Waals surface area contributed by atoms with E-state index < -0.39 is 11.9 Å². The van der Waals surface area contributed by atoms with Crippen LogP contribution in [0.4, 0.5) is 0 Å². The van der Waals surface area contributed by atoms with Gasteiger partial charge in [-0.05, 0) is 68.5 Å². The van der Waals surface area contributed by atoms with Crippen molar-refractivity contribution >= 4 is 27.7 Å². The van der Waals surface area contributed by atoms with Gasteiger partial charge in [-0.3, -0.25) is 4.79 Å². The van der Waals surface area contributed by atoms with Gasteiger partial charge in [0.15, 0.2) is 17.3 Å². The Morgan fingerprint density at radius 2 is 1.77 bits per heavy atom. The molecule has 0 saturated carbocycles. The smallest absolute Gasteiger partial charge is 0.337 e. The fraction of sp³-hybridized carbons (Fsp3) is 0.357. The van der Waals surface area contributed by atoms with E-state index in [2.05, 4.69) is 21.2 Å². The normalized spacial score (nSPS) is 19.9. The Hall–Kier alpha value is -3.06. The second-order valence-electron chi connectivity index (χ2n) is 9.14. The average molecular weight is 540 g/mol. The quantitative estimate of drug-likeness (QED) is 0.469. The summed E-state index contributed by atoms with van der Waals surface area (Å²) in [6.45, 7) is 5.51. The van der Waals surface area contributed by atoms with Gasteiger partial charge in [-0.15, -0.1) is 0 Å². The minimum atomic E-state index is -0.492. The van der Waals surface area contributed by atoms with Crippen LogP contribution < -0.4 is 14.8 Å². The van der Waals surface area contributed by atoms with Crippen molar-refractivity contribution in [2.45, 2.75) is 51.6 Å². The highest BCUT2D eigenvalue weighted by Crippen LogP contribution is 2.46. The molecule has 2 aliphatic rings. The number of allylic oxidation sites excluding steroid dienone is 3. The van der Waals surface area contributed by atoms with E-state index in [0.29, 0.717) is 41.2 Å². The number of carbonyl (C=O) groups excluding carboxylic acids is 2. The fourth-order valence-corrected chi connectivity index (χ4v) is 5.37. The Kier molecular flexibility index (Phi) is 7.36. The molecule has 184 valence electrons. The third-order valence-electron chi connectivity index (χ3n) is 6.45. The largest absolute Gasteiger partial charge is 0.493 e. The van der Waals surface area contributed by atoms with E-state index >= 15 is 0 Å². The molecule has 1 aliphatic carbocycles. The maximum absolute atomic E-state index is 13.7. The summed E-state index contributed by atoms with van der Waals surface area (Å²) in [4.78, 5) is 26.9. The molecule has 7 heteroatoms. The summed E-state index contributed by atoms with van der Waals surface area (Å²) >= 11 is 3.54. The number of dihydropyridines is 1. The average Bonchev–Trinajstić information content (AvgIpc) is 2.82. The van der Waals surface area contributed by atoms with Crippen molar-refractivity contribution < 1.29 is 23.8 Å². The van der Waals surface area contributed by atoms with Gasteiger partial charge in [0, 0.05) is 33.8 Å². The molecule has 0 amide bonds. The lowest BCUT2D eigenvalue weighted by molar-refractivity contribution is -0.143. The van der Waals surface area contributed by atoms with Crippen LogP contribution in [-0.4, -0.2) is 32.1 Å². The van der Waals surface area contributed by atoms with E-state index in [4.69, 9.17) is 14.2 Å². The van der Waals surface area contributed by atoms with Crippen LogP contribution in [-0.2, 0) is 14.3 Å². The molecule has 2 aromatic carbocycles. The highest BCUT2D eigenvalue weighted by Gasteiger charge is 2.41. The molecule has 4 rings (SSSR count). The molecule has 0 radical (unpaired) electrons. The van der Waals surface area contributed by atoms with Gasteiger partial charge in [-0.2, -0.15) is 0 Å². The summed E-state index contributed by atoms with van der Waals surface area (Å²) in [6, 6.07) is 13.5. The molecule has 0 unspecified atom stereocenters. The van der Waals surface area contributed by atoms with Gasteiger partial charge >= 0.3 is 5.97 Å². The number of ketones is 1. The molecule has 2 atom stereocenters. The Morgan fingerprint density at radius 3 is 2.43 bits per heavy atom. The summed E-state index contributed by atoms with van der Waals surface area (Å²) in [6.07, 6.45) is 0.717. The lowest BCUT2D eigenvalue weighted by atomic mass is 9.71. The summed E-state index contributed by atoms with van der Waals surface area (Å²) in [7, 11) is 3.20. The van der Waals surface area contributed by atoms with Gasteiger partial charge in [-0.1, -0.05) is 34.1 Å². The number of halogens is 1. The van der Waals surface area contributed by atoms with E-state index in [0.717, 1.165) is 21.3 Å². The van der Waals surface area contributed by atoms with Crippen LogP contribution in [0.3, 0.4) is 0 Å². The van der Waals surface area contributed by atoms with Crippen molar-refractivity contribution in [2.24, 2.45) is 0 Å². The number of ether oxygens (including phenoxy) is 3. The lowest BCUT2D eigenvalue weighted by Crippen LogP contribution is -2.36. The van der Waals surface area contributed by atoms with Gasteiger partial charge in [0.25, 0.3) is 0 Å². The van der Waals surface area contributed by atoms with Crippen molar-refractivity contribution in [1.29, 1.82) is 0 Å². The molecule has 2 aromatic rings. The van der Waals surface area contributed by atoms with E-state index in [1.807, 2.05) is 63.2 Å². The van der Waals surface area contributed by atoms with Crippen LogP contribution >= 0.6 is 15.9 Å². The molecule has 6 nitrogen and oxygen atoms in total. The van der Waals surface area contributed by atoms with Crippen molar-refractivity contribution in [3.05, 3.63) is 80.6 Å². The standard InChI is InChI=1S/C28H30BrNO5/c1-15(2)35-28(32)25-16(3)30-21-12-19(17-9-10-23(33-4)24(14-17)34-5)13-22(31)27(21)26(25)18-7-6-8-20(29)11-18/h6-11,14-15,19,26,30H,12-13H2,1-5H3/t19-,26+/m0/s1. The third-order valence-corrected chi connectivity index (χ3v) is 6.94. The van der Waals surface area contributed by atoms with Crippen molar-refractivity contribution in [2.75, 3.05) is 14.2 Å². The van der Waals surface area contributed by atoms with E-state index in [1.165, 1.54) is 0 Å². The first kappa shape index (κ1) is 25.0. The van der Waals surface area contributed by atoms with Crippen LogP contribution in [0, 0.1) is 0 Å². The first-order chi connectivity index (χ1) is 16.7. The highest BCUT2D eigenvalue weighted by atomic mass is 79.9. The molecular weight excluding hydrogens is 510 g/mol. The molecule has 35 heavy (non-hydrogen) atoms. The number of methoxy groups -OCH3 is 2. The van der Waals surface area contributed by atoms with Gasteiger partial charge in [-0.25, -0.2) is 4.79 Å². The van der Waals surface area contributed by atoms with Gasteiger partial charge in [0.2, 0.25) is 0 Å². The topological polar surface area (TPSA) is 73.9 Å². The second-order valence-corrected chi connectivity index (χ2v) is 10.1. The predicted molar refractivity (Wildman–Crippen MR) is 138 cm³/mol. The molecular formula is C28H30BrNO5. The lowest BCUT2D eigenvalue weighted by Gasteiger charge is -2.37. The van der Waals surface area contributed by atoms with Crippen molar-refractivity contribution in [3.8, 4) is 11.5 Å².